The zero-order chi connectivity index (χ0) is 18.6. The van der Waals surface area contributed by atoms with Crippen LogP contribution in [0.4, 0.5) is 0 Å². The Bertz CT molecular complexity index is 1000. The van der Waals surface area contributed by atoms with Gasteiger partial charge in [-0.15, -0.1) is 0 Å². The highest BCUT2D eigenvalue weighted by atomic mass is 32.2. The van der Waals surface area contributed by atoms with E-state index in [1.807, 2.05) is 36.4 Å². The lowest BCUT2D eigenvalue weighted by molar-refractivity contribution is 0.102. The minimum atomic E-state index is -0.0620. The van der Waals surface area contributed by atoms with E-state index in [2.05, 4.69) is 22.1 Å². The van der Waals surface area contributed by atoms with E-state index in [0.717, 1.165) is 30.5 Å². The number of carbonyl (C=O) groups is 1. The number of rotatable bonds is 6. The minimum absolute atomic E-state index is 0.0331. The van der Waals surface area contributed by atoms with Crippen molar-refractivity contribution in [3.05, 3.63) is 93.4 Å². The van der Waals surface area contributed by atoms with Crippen LogP contribution in [0.25, 0.3) is 0 Å². The van der Waals surface area contributed by atoms with E-state index in [9.17, 15) is 9.59 Å². The quantitative estimate of drug-likeness (QED) is 0.401. The topological polar surface area (TPSA) is 62.8 Å². The fourth-order valence-electron chi connectivity index (χ4n) is 3.59. The number of aromatic nitrogens is 2. The molecule has 0 fully saturated rings. The van der Waals surface area contributed by atoms with Gasteiger partial charge < -0.3 is 4.98 Å². The first-order valence-corrected chi connectivity index (χ1v) is 10.1. The van der Waals surface area contributed by atoms with Crippen molar-refractivity contribution in [2.24, 2.45) is 0 Å². The molecule has 0 bridgehead atoms. The zero-order valence-electron chi connectivity index (χ0n) is 14.9. The van der Waals surface area contributed by atoms with Crippen LogP contribution in [-0.4, -0.2) is 21.5 Å². The lowest BCUT2D eigenvalue weighted by Gasteiger charge is -2.11. The van der Waals surface area contributed by atoms with E-state index in [1.165, 1.54) is 17.3 Å². The second-order valence-corrected chi connectivity index (χ2v) is 7.70. The number of nitrogens with zero attached hydrogens (tertiary/aromatic N) is 1. The fraction of sp³-hybridized carbons (Fsp3) is 0.227. The number of nitrogens with one attached hydrogen (secondary N) is 1. The summed E-state index contributed by atoms with van der Waals surface area (Å²) in [7, 11) is 0. The Morgan fingerprint density at radius 3 is 2.52 bits per heavy atom. The van der Waals surface area contributed by atoms with Crippen LogP contribution >= 0.6 is 11.8 Å². The van der Waals surface area contributed by atoms with E-state index in [0.29, 0.717) is 10.7 Å². The molecule has 1 atom stereocenters. The van der Waals surface area contributed by atoms with Gasteiger partial charge in [-0.1, -0.05) is 72.4 Å². The molecular weight excluding hydrogens is 356 g/mol. The van der Waals surface area contributed by atoms with Crippen molar-refractivity contribution < 1.29 is 4.79 Å². The lowest BCUT2D eigenvalue weighted by atomic mass is 9.95. The standard InChI is InChI=1S/C22H20N2O2S/c25-19(16-9-5-2-6-10-16)14-27-22-23-18-12-11-17(20(18)21(26)24-22)13-15-7-3-1-4-8-15/h1-10,17H,11-14H2,(H,23,24,26). The van der Waals surface area contributed by atoms with Crippen LogP contribution < -0.4 is 5.56 Å². The first kappa shape index (κ1) is 17.7. The molecule has 136 valence electrons. The van der Waals surface area contributed by atoms with Gasteiger partial charge in [-0.25, -0.2) is 4.98 Å². The third-order valence-electron chi connectivity index (χ3n) is 4.91. The van der Waals surface area contributed by atoms with Crippen LogP contribution in [0.15, 0.2) is 70.6 Å². The zero-order valence-corrected chi connectivity index (χ0v) is 15.7. The molecule has 0 amide bonds. The van der Waals surface area contributed by atoms with Crippen molar-refractivity contribution in [2.75, 3.05) is 5.75 Å². The Labute approximate surface area is 162 Å². The molecule has 4 rings (SSSR count). The number of carbonyl (C=O) groups excluding carboxylic acids is 1. The van der Waals surface area contributed by atoms with Crippen molar-refractivity contribution in [1.29, 1.82) is 0 Å². The highest BCUT2D eigenvalue weighted by molar-refractivity contribution is 7.99. The highest BCUT2D eigenvalue weighted by Gasteiger charge is 2.27. The largest absolute Gasteiger partial charge is 0.301 e. The van der Waals surface area contributed by atoms with Crippen molar-refractivity contribution in [1.82, 2.24) is 9.97 Å². The van der Waals surface area contributed by atoms with E-state index < -0.39 is 0 Å². The van der Waals surface area contributed by atoms with E-state index in [-0.39, 0.29) is 23.0 Å². The van der Waals surface area contributed by atoms with Gasteiger partial charge >= 0.3 is 0 Å². The lowest BCUT2D eigenvalue weighted by Crippen LogP contribution is -2.18. The van der Waals surface area contributed by atoms with Crippen LogP contribution in [0.1, 0.15) is 39.5 Å². The summed E-state index contributed by atoms with van der Waals surface area (Å²) in [6.07, 6.45) is 2.62. The SMILES string of the molecule is O=C(CSc1nc2c(c(=O)[nH]1)C(Cc1ccccc1)CC2)c1ccccc1. The molecule has 1 heterocycles. The van der Waals surface area contributed by atoms with Crippen LogP contribution in [-0.2, 0) is 12.8 Å². The highest BCUT2D eigenvalue weighted by Crippen LogP contribution is 2.32. The summed E-state index contributed by atoms with van der Waals surface area (Å²) in [6, 6.07) is 19.4. The molecule has 0 saturated heterocycles. The van der Waals surface area contributed by atoms with Crippen LogP contribution in [0.5, 0.6) is 0 Å². The molecule has 3 aromatic rings. The molecule has 0 spiro atoms. The maximum absolute atomic E-state index is 12.7. The molecule has 4 nitrogen and oxygen atoms in total. The molecule has 1 aliphatic rings. The van der Waals surface area contributed by atoms with Gasteiger partial charge in [0.25, 0.3) is 5.56 Å². The number of aromatic amines is 1. The Hall–Kier alpha value is -2.66. The van der Waals surface area contributed by atoms with Gasteiger partial charge in [0.05, 0.1) is 11.4 Å². The number of benzene rings is 2. The van der Waals surface area contributed by atoms with Gasteiger partial charge in [0.15, 0.2) is 10.9 Å². The smallest absolute Gasteiger partial charge is 0.255 e. The second kappa shape index (κ2) is 7.92. The molecule has 1 aliphatic carbocycles. The molecule has 1 aromatic heterocycles. The molecular formula is C22H20N2O2S. The molecule has 1 N–H and O–H groups in total. The second-order valence-electron chi connectivity index (χ2n) is 6.73. The summed E-state index contributed by atoms with van der Waals surface area (Å²) in [5.41, 5.74) is 3.55. The molecule has 2 aromatic carbocycles. The Kier molecular flexibility index (Phi) is 5.21. The van der Waals surface area contributed by atoms with Crippen molar-refractivity contribution in [2.45, 2.75) is 30.3 Å². The average molecular weight is 376 g/mol. The number of thioether (sulfide) groups is 1. The summed E-state index contributed by atoms with van der Waals surface area (Å²) >= 11 is 1.29. The maximum Gasteiger partial charge on any atom is 0.255 e. The van der Waals surface area contributed by atoms with Gasteiger partial charge in [-0.2, -0.15) is 0 Å². The van der Waals surface area contributed by atoms with E-state index in [4.69, 9.17) is 0 Å². The van der Waals surface area contributed by atoms with Crippen molar-refractivity contribution in [3.63, 3.8) is 0 Å². The van der Waals surface area contributed by atoms with Gasteiger partial charge in [0.1, 0.15) is 0 Å². The summed E-state index contributed by atoms with van der Waals surface area (Å²) in [5, 5.41) is 0.531. The molecule has 0 aliphatic heterocycles. The number of hydrogen-bond acceptors (Lipinski definition) is 4. The number of H-pyrrole nitrogens is 1. The first-order valence-electron chi connectivity index (χ1n) is 9.09. The minimum Gasteiger partial charge on any atom is -0.301 e. The van der Waals surface area contributed by atoms with Gasteiger partial charge in [-0.3, -0.25) is 9.59 Å². The number of hydrogen-bond donors (Lipinski definition) is 1. The molecule has 1 unspecified atom stereocenters. The molecule has 0 saturated carbocycles. The van der Waals surface area contributed by atoms with Gasteiger partial charge in [-0.05, 0) is 30.7 Å². The maximum atomic E-state index is 12.7. The number of ketones is 1. The van der Waals surface area contributed by atoms with Crippen LogP contribution in [0.3, 0.4) is 0 Å². The Balaban J connectivity index is 1.48. The van der Waals surface area contributed by atoms with Crippen molar-refractivity contribution in [3.8, 4) is 0 Å². The molecule has 0 radical (unpaired) electrons. The molecule has 5 heteroatoms. The van der Waals surface area contributed by atoms with Gasteiger partial charge in [0, 0.05) is 11.1 Å². The third-order valence-corrected chi connectivity index (χ3v) is 5.78. The normalized spacial score (nSPS) is 15.5. The summed E-state index contributed by atoms with van der Waals surface area (Å²) in [6.45, 7) is 0. The average Bonchev–Trinajstić information content (AvgIpc) is 3.11. The Morgan fingerprint density at radius 1 is 1.07 bits per heavy atom. The van der Waals surface area contributed by atoms with Crippen molar-refractivity contribution >= 4 is 17.5 Å². The third kappa shape index (κ3) is 4.03. The summed E-state index contributed by atoms with van der Waals surface area (Å²) in [4.78, 5) is 32.4. The molecule has 27 heavy (non-hydrogen) atoms. The number of Topliss-reactive ketones (excluding diaryl/α,β-unsaturated/α-hetero) is 1. The number of aryl methyl sites for hydroxylation is 1. The summed E-state index contributed by atoms with van der Waals surface area (Å²) in [5.74, 6) is 0.508. The summed E-state index contributed by atoms with van der Waals surface area (Å²) < 4.78 is 0. The van der Waals surface area contributed by atoms with E-state index >= 15 is 0 Å². The van der Waals surface area contributed by atoms with E-state index in [1.54, 1.807) is 12.1 Å². The fourth-order valence-corrected chi connectivity index (χ4v) is 4.36. The van der Waals surface area contributed by atoms with Crippen LogP contribution in [0, 0.1) is 0 Å². The number of fused-ring (bicyclic) bond motifs is 1. The monoisotopic (exact) mass is 376 g/mol. The predicted molar refractivity (Wildman–Crippen MR) is 108 cm³/mol. The predicted octanol–water partition coefficient (Wildman–Crippen LogP) is 4.02. The Morgan fingerprint density at radius 2 is 1.78 bits per heavy atom. The first-order chi connectivity index (χ1) is 13.2. The van der Waals surface area contributed by atoms with Gasteiger partial charge in [0.2, 0.25) is 0 Å². The van der Waals surface area contributed by atoms with Crippen LogP contribution in [0.2, 0.25) is 0 Å².